The van der Waals surface area contributed by atoms with Gasteiger partial charge in [-0.2, -0.15) is 0 Å². The van der Waals surface area contributed by atoms with E-state index >= 15 is 0 Å². The molecule has 5 aromatic rings. The third-order valence-corrected chi connectivity index (χ3v) is 10.3. The van der Waals surface area contributed by atoms with Gasteiger partial charge in [-0.25, -0.2) is 0 Å². The minimum atomic E-state index is 1.21. The predicted octanol–water partition coefficient (Wildman–Crippen LogP) is 13.7. The number of thiophene rings is 1. The smallest absolute Gasteiger partial charge is 0.0361 e. The number of benzene rings is 4. The Balaban J connectivity index is 1.24. The Kier molecular flexibility index (Phi) is 11.5. The minimum Gasteiger partial charge on any atom is -0.135 e. The zero-order valence-electron chi connectivity index (χ0n) is 25.9. The van der Waals surface area contributed by atoms with Crippen molar-refractivity contribution < 1.29 is 0 Å². The molecule has 1 heterocycles. The maximum absolute atomic E-state index is 2.47. The van der Waals surface area contributed by atoms with Crippen molar-refractivity contribution in [2.75, 3.05) is 0 Å². The van der Waals surface area contributed by atoms with Crippen LogP contribution in [0.3, 0.4) is 0 Å². The van der Waals surface area contributed by atoms with Crippen molar-refractivity contribution in [3.05, 3.63) is 71.8 Å². The van der Waals surface area contributed by atoms with Gasteiger partial charge in [0.1, 0.15) is 0 Å². The second kappa shape index (κ2) is 15.7. The van der Waals surface area contributed by atoms with E-state index in [1.807, 2.05) is 11.3 Å². The predicted molar refractivity (Wildman–Crippen MR) is 187 cm³/mol. The number of unbranched alkanes of at least 4 members (excludes halogenated alkanes) is 14. The lowest BCUT2D eigenvalue weighted by Crippen LogP contribution is -1.87. The van der Waals surface area contributed by atoms with Crippen LogP contribution in [0.5, 0.6) is 0 Å². The summed E-state index contributed by atoms with van der Waals surface area (Å²) >= 11 is 1.95. The normalized spacial score (nSPS) is 12.0. The maximum Gasteiger partial charge on any atom is 0.0361 e. The highest BCUT2D eigenvalue weighted by Crippen LogP contribution is 2.39. The van der Waals surface area contributed by atoms with Crippen LogP contribution in [0, 0.1) is 0 Å². The summed E-state index contributed by atoms with van der Waals surface area (Å²) in [7, 11) is 0. The molecule has 218 valence electrons. The molecule has 1 aromatic heterocycles. The van der Waals surface area contributed by atoms with E-state index in [1.165, 1.54) is 168 Å². The molecule has 5 rings (SSSR count). The zero-order valence-corrected chi connectivity index (χ0v) is 26.7. The number of aryl methyl sites for hydroxylation is 2. The summed E-state index contributed by atoms with van der Waals surface area (Å²) in [6.07, 6.45) is 24.6. The van der Waals surface area contributed by atoms with Gasteiger partial charge in [0.15, 0.2) is 0 Å². The number of rotatable bonds is 18. The summed E-state index contributed by atoms with van der Waals surface area (Å²) in [5.41, 5.74) is 3.00. The average Bonchev–Trinajstić information content (AvgIpc) is 3.33. The van der Waals surface area contributed by atoms with E-state index in [0.29, 0.717) is 0 Å². The largest absolute Gasteiger partial charge is 0.135 e. The first kappa shape index (κ1) is 30.1. The fraction of sp³-hybridized carbons (Fsp3) is 0.500. The summed E-state index contributed by atoms with van der Waals surface area (Å²) in [5, 5.41) is 8.41. The van der Waals surface area contributed by atoms with E-state index in [4.69, 9.17) is 0 Å². The SMILES string of the molecule is CCCCCCCCCCc1ccc2cc3sc4cc5ccc(CCCCCCCCCC)cc5cc4c3cc2c1. The maximum atomic E-state index is 2.47. The molecule has 0 unspecified atom stereocenters. The van der Waals surface area contributed by atoms with Crippen LogP contribution in [-0.4, -0.2) is 0 Å². The van der Waals surface area contributed by atoms with Crippen LogP contribution in [0.1, 0.15) is 128 Å². The first-order valence-corrected chi connectivity index (χ1v) is 17.9. The summed E-state index contributed by atoms with van der Waals surface area (Å²) in [6.45, 7) is 4.59. The van der Waals surface area contributed by atoms with Gasteiger partial charge < -0.3 is 0 Å². The average molecular weight is 565 g/mol. The van der Waals surface area contributed by atoms with Crippen LogP contribution in [0.15, 0.2) is 60.7 Å². The lowest BCUT2D eigenvalue weighted by Gasteiger charge is -2.06. The van der Waals surface area contributed by atoms with Gasteiger partial charge in [0, 0.05) is 20.2 Å². The molecule has 4 aromatic carbocycles. The highest BCUT2D eigenvalue weighted by atomic mass is 32.1. The molecule has 0 fully saturated rings. The van der Waals surface area contributed by atoms with Crippen LogP contribution in [0.4, 0.5) is 0 Å². The van der Waals surface area contributed by atoms with Gasteiger partial charge in [-0.05, 0) is 82.6 Å². The fourth-order valence-corrected chi connectivity index (χ4v) is 7.76. The monoisotopic (exact) mass is 564 g/mol. The molecule has 0 radical (unpaired) electrons. The van der Waals surface area contributed by atoms with Crippen molar-refractivity contribution in [1.29, 1.82) is 0 Å². The van der Waals surface area contributed by atoms with Gasteiger partial charge in [0.25, 0.3) is 0 Å². The summed E-state index contributed by atoms with van der Waals surface area (Å²) in [4.78, 5) is 0. The van der Waals surface area contributed by atoms with Crippen molar-refractivity contribution in [2.24, 2.45) is 0 Å². The van der Waals surface area contributed by atoms with Crippen molar-refractivity contribution in [3.8, 4) is 0 Å². The van der Waals surface area contributed by atoms with Crippen LogP contribution >= 0.6 is 11.3 Å². The molecule has 0 nitrogen and oxygen atoms in total. The van der Waals surface area contributed by atoms with E-state index < -0.39 is 0 Å². The van der Waals surface area contributed by atoms with Crippen molar-refractivity contribution in [3.63, 3.8) is 0 Å². The second-order valence-electron chi connectivity index (χ2n) is 12.6. The summed E-state index contributed by atoms with van der Waals surface area (Å²) in [5.74, 6) is 0. The molecular weight excluding hydrogens is 513 g/mol. The van der Waals surface area contributed by atoms with Crippen LogP contribution in [0.2, 0.25) is 0 Å². The van der Waals surface area contributed by atoms with E-state index in [9.17, 15) is 0 Å². The first-order chi connectivity index (χ1) is 20.2. The minimum absolute atomic E-state index is 1.21. The Hall–Kier alpha value is -2.38. The Morgan fingerprint density at radius 2 is 0.780 bits per heavy atom. The highest BCUT2D eigenvalue weighted by Gasteiger charge is 2.10. The molecule has 0 aliphatic heterocycles. The van der Waals surface area contributed by atoms with Crippen molar-refractivity contribution in [1.82, 2.24) is 0 Å². The molecule has 0 saturated heterocycles. The quantitative estimate of drug-likeness (QED) is 0.0928. The van der Waals surface area contributed by atoms with Crippen LogP contribution in [0.25, 0.3) is 41.7 Å². The van der Waals surface area contributed by atoms with Gasteiger partial charge >= 0.3 is 0 Å². The van der Waals surface area contributed by atoms with Crippen LogP contribution < -0.4 is 0 Å². The zero-order chi connectivity index (χ0) is 28.3. The molecule has 0 bridgehead atoms. The number of hydrogen-bond donors (Lipinski definition) is 0. The van der Waals surface area contributed by atoms with Crippen LogP contribution in [-0.2, 0) is 12.8 Å². The van der Waals surface area contributed by atoms with E-state index in [1.54, 1.807) is 0 Å². The Bertz CT molecular complexity index is 1410. The lowest BCUT2D eigenvalue weighted by molar-refractivity contribution is 0.575. The molecule has 0 N–H and O–H groups in total. The van der Waals surface area contributed by atoms with Crippen molar-refractivity contribution >= 4 is 53.1 Å². The Labute approximate surface area is 253 Å². The third kappa shape index (κ3) is 8.35. The standard InChI is InChI=1S/C40H52S/c1-3-5-7-9-11-13-15-17-19-31-21-23-33-29-39-37(27-35(33)25-31)38-28-36-26-32(22-24-34(36)30-40(38)41-39)20-18-16-14-12-10-8-6-4-2/h21-30H,3-20H2,1-2H3. The molecule has 0 atom stereocenters. The molecule has 0 saturated carbocycles. The highest BCUT2D eigenvalue weighted by molar-refractivity contribution is 7.26. The van der Waals surface area contributed by atoms with E-state index in [-0.39, 0.29) is 0 Å². The molecule has 0 spiro atoms. The number of fused-ring (bicyclic) bond motifs is 5. The molecule has 0 amide bonds. The first-order valence-electron chi connectivity index (χ1n) is 17.1. The molecule has 1 heteroatoms. The summed E-state index contributed by atoms with van der Waals surface area (Å²) in [6, 6.07) is 24.1. The number of hydrogen-bond acceptors (Lipinski definition) is 1. The lowest BCUT2D eigenvalue weighted by atomic mass is 9.98. The third-order valence-electron chi connectivity index (χ3n) is 9.15. The molecule has 0 aliphatic carbocycles. The molecule has 41 heavy (non-hydrogen) atoms. The van der Waals surface area contributed by atoms with Gasteiger partial charge in [-0.1, -0.05) is 140 Å². The van der Waals surface area contributed by atoms with Gasteiger partial charge in [-0.3, -0.25) is 0 Å². The van der Waals surface area contributed by atoms with E-state index in [0.717, 1.165) is 0 Å². The van der Waals surface area contributed by atoms with Gasteiger partial charge in [-0.15, -0.1) is 11.3 Å². The van der Waals surface area contributed by atoms with E-state index in [2.05, 4.69) is 74.5 Å². The Morgan fingerprint density at radius 1 is 0.390 bits per heavy atom. The topological polar surface area (TPSA) is 0 Å². The van der Waals surface area contributed by atoms with Crippen molar-refractivity contribution in [2.45, 2.75) is 129 Å². The molecular formula is C40H52S. The molecule has 0 aliphatic rings. The fourth-order valence-electron chi connectivity index (χ4n) is 6.60. The second-order valence-corrected chi connectivity index (χ2v) is 13.7. The Morgan fingerprint density at radius 3 is 1.20 bits per heavy atom. The van der Waals surface area contributed by atoms with Gasteiger partial charge in [0.05, 0.1) is 0 Å². The summed E-state index contributed by atoms with van der Waals surface area (Å²) < 4.78 is 2.83. The van der Waals surface area contributed by atoms with Gasteiger partial charge in [0.2, 0.25) is 0 Å².